The maximum atomic E-state index is 13.4. The summed E-state index contributed by atoms with van der Waals surface area (Å²) in [5, 5.41) is 5.82. The van der Waals surface area contributed by atoms with Crippen molar-refractivity contribution in [3.05, 3.63) is 71.3 Å². The van der Waals surface area contributed by atoms with Crippen LogP contribution in [0.3, 0.4) is 0 Å². The van der Waals surface area contributed by atoms with Crippen LogP contribution in [0.5, 0.6) is 0 Å². The minimum Gasteiger partial charge on any atom is -0.352 e. The molecule has 0 aromatic heterocycles. The predicted octanol–water partition coefficient (Wildman–Crippen LogP) is 5.49. The first-order valence-electron chi connectivity index (χ1n) is 11.0. The van der Waals surface area contributed by atoms with Crippen molar-refractivity contribution in [1.82, 2.24) is 10.6 Å². The Bertz CT molecular complexity index is 872. The maximum absolute atomic E-state index is 13.4. The molecule has 0 saturated heterocycles. The molecule has 0 bridgehead atoms. The molecule has 2 aromatic carbocycles. The molecule has 0 fully saturated rings. The average Bonchev–Trinajstić information content (AvgIpc) is 2.77. The van der Waals surface area contributed by atoms with Gasteiger partial charge in [-0.25, -0.2) is 8.78 Å². The van der Waals surface area contributed by atoms with Crippen LogP contribution in [0.15, 0.2) is 48.5 Å². The molecule has 0 aliphatic heterocycles. The van der Waals surface area contributed by atoms with Crippen molar-refractivity contribution in [2.75, 3.05) is 13.1 Å². The summed E-state index contributed by atoms with van der Waals surface area (Å²) in [7, 11) is 0. The van der Waals surface area contributed by atoms with E-state index in [1.54, 1.807) is 12.1 Å². The Hall–Kier alpha value is -2.76. The second-order valence-electron chi connectivity index (χ2n) is 8.02. The highest BCUT2D eigenvalue weighted by molar-refractivity contribution is 5.94. The standard InChI is InChI=1S/C25H32F2N2O2/c1-3-5-13-25(4-2,18-29-24(31)20-10-7-12-22(27)17-20)14-8-15-28-23(30)19-9-6-11-21(26)16-19/h6-7,9-12,16-17H,3-5,8,13-15,18H2,1-2H3,(H,28,30)(H,29,31)/t25-/m1/s1. The first-order chi connectivity index (χ1) is 14.9. The Kier molecular flexibility index (Phi) is 9.63. The summed E-state index contributed by atoms with van der Waals surface area (Å²) in [5.41, 5.74) is 0.515. The van der Waals surface area contributed by atoms with Crippen LogP contribution in [0.2, 0.25) is 0 Å². The molecule has 4 nitrogen and oxygen atoms in total. The van der Waals surface area contributed by atoms with Gasteiger partial charge in [-0.05, 0) is 67.5 Å². The number of halogens is 2. The van der Waals surface area contributed by atoms with Crippen LogP contribution in [0.1, 0.15) is 73.1 Å². The van der Waals surface area contributed by atoms with Gasteiger partial charge in [-0.1, -0.05) is 38.8 Å². The number of benzene rings is 2. The fourth-order valence-corrected chi connectivity index (χ4v) is 3.73. The summed E-state index contributed by atoms with van der Waals surface area (Å²) in [6.07, 6.45) is 5.51. The highest BCUT2D eigenvalue weighted by atomic mass is 19.1. The third-order valence-electron chi connectivity index (χ3n) is 5.78. The Balaban J connectivity index is 1.92. The molecule has 168 valence electrons. The van der Waals surface area contributed by atoms with E-state index in [2.05, 4.69) is 24.5 Å². The topological polar surface area (TPSA) is 58.2 Å². The van der Waals surface area contributed by atoms with Gasteiger partial charge in [0.15, 0.2) is 0 Å². The molecule has 0 aliphatic carbocycles. The molecule has 2 rings (SSSR count). The molecule has 0 heterocycles. The van der Waals surface area contributed by atoms with E-state index in [0.717, 1.165) is 38.5 Å². The van der Waals surface area contributed by atoms with Gasteiger partial charge in [-0.3, -0.25) is 9.59 Å². The van der Waals surface area contributed by atoms with Crippen molar-refractivity contribution < 1.29 is 18.4 Å². The summed E-state index contributed by atoms with van der Waals surface area (Å²) in [5.74, 6) is -1.46. The summed E-state index contributed by atoms with van der Waals surface area (Å²) >= 11 is 0. The molecule has 0 aliphatic rings. The first kappa shape index (κ1) is 24.5. The Morgan fingerprint density at radius 3 is 1.90 bits per heavy atom. The van der Waals surface area contributed by atoms with E-state index in [1.807, 2.05) is 0 Å². The number of rotatable bonds is 12. The van der Waals surface area contributed by atoms with Gasteiger partial charge in [-0.15, -0.1) is 0 Å². The minimum absolute atomic E-state index is 0.0947. The fourth-order valence-electron chi connectivity index (χ4n) is 3.73. The molecule has 2 N–H and O–H groups in total. The smallest absolute Gasteiger partial charge is 0.251 e. The van der Waals surface area contributed by atoms with Gasteiger partial charge in [-0.2, -0.15) is 0 Å². The van der Waals surface area contributed by atoms with Crippen LogP contribution in [0, 0.1) is 17.0 Å². The van der Waals surface area contributed by atoms with Crippen molar-refractivity contribution in [2.45, 2.75) is 52.4 Å². The predicted molar refractivity (Wildman–Crippen MR) is 119 cm³/mol. The molecule has 0 spiro atoms. The lowest BCUT2D eigenvalue weighted by Gasteiger charge is -2.33. The van der Waals surface area contributed by atoms with E-state index < -0.39 is 11.6 Å². The van der Waals surface area contributed by atoms with E-state index in [0.29, 0.717) is 24.2 Å². The van der Waals surface area contributed by atoms with Gasteiger partial charge in [0.05, 0.1) is 0 Å². The van der Waals surface area contributed by atoms with Crippen LogP contribution in [-0.4, -0.2) is 24.9 Å². The lowest BCUT2D eigenvalue weighted by atomic mass is 9.76. The number of hydrogen-bond acceptors (Lipinski definition) is 2. The molecule has 0 unspecified atom stereocenters. The van der Waals surface area contributed by atoms with Crippen LogP contribution >= 0.6 is 0 Å². The third-order valence-corrected chi connectivity index (χ3v) is 5.78. The first-order valence-corrected chi connectivity index (χ1v) is 11.0. The van der Waals surface area contributed by atoms with Crippen molar-refractivity contribution in [3.8, 4) is 0 Å². The quantitative estimate of drug-likeness (QED) is 0.437. The molecular formula is C25H32F2N2O2. The monoisotopic (exact) mass is 430 g/mol. The van der Waals surface area contributed by atoms with E-state index in [-0.39, 0.29) is 17.2 Å². The van der Waals surface area contributed by atoms with Gasteiger partial charge in [0.1, 0.15) is 11.6 Å². The SMILES string of the molecule is CCCC[C@](CC)(CCCNC(=O)c1cccc(F)c1)CNC(=O)c1cccc(F)c1. The van der Waals surface area contributed by atoms with Gasteiger partial charge in [0.25, 0.3) is 11.8 Å². The normalized spacial score (nSPS) is 12.8. The second-order valence-corrected chi connectivity index (χ2v) is 8.02. The number of carbonyl (C=O) groups is 2. The summed E-state index contributed by atoms with van der Waals surface area (Å²) in [6, 6.07) is 11.3. The third kappa shape index (κ3) is 7.78. The van der Waals surface area contributed by atoms with Crippen LogP contribution in [-0.2, 0) is 0 Å². The van der Waals surface area contributed by atoms with Crippen molar-refractivity contribution in [3.63, 3.8) is 0 Å². The summed E-state index contributed by atoms with van der Waals surface area (Å²) in [4.78, 5) is 24.7. The number of hydrogen-bond donors (Lipinski definition) is 2. The summed E-state index contributed by atoms with van der Waals surface area (Å²) in [6.45, 7) is 5.21. The van der Waals surface area contributed by atoms with Crippen molar-refractivity contribution in [2.24, 2.45) is 5.41 Å². The highest BCUT2D eigenvalue weighted by Gasteiger charge is 2.28. The number of carbonyl (C=O) groups excluding carboxylic acids is 2. The van der Waals surface area contributed by atoms with E-state index in [1.165, 1.54) is 36.4 Å². The molecule has 2 aromatic rings. The van der Waals surface area contributed by atoms with Crippen LogP contribution in [0.25, 0.3) is 0 Å². The van der Waals surface area contributed by atoms with Crippen molar-refractivity contribution >= 4 is 11.8 Å². The largest absolute Gasteiger partial charge is 0.352 e. The molecule has 31 heavy (non-hydrogen) atoms. The Morgan fingerprint density at radius 1 is 0.839 bits per heavy atom. The van der Waals surface area contributed by atoms with E-state index >= 15 is 0 Å². The number of unbranched alkanes of at least 4 members (excludes halogenated alkanes) is 1. The minimum atomic E-state index is -0.439. The Morgan fingerprint density at radius 2 is 1.39 bits per heavy atom. The van der Waals surface area contributed by atoms with Gasteiger partial charge in [0, 0.05) is 24.2 Å². The van der Waals surface area contributed by atoms with E-state index in [4.69, 9.17) is 0 Å². The summed E-state index contributed by atoms with van der Waals surface area (Å²) < 4.78 is 26.7. The van der Waals surface area contributed by atoms with Crippen LogP contribution in [0.4, 0.5) is 8.78 Å². The highest BCUT2D eigenvalue weighted by Crippen LogP contribution is 2.33. The zero-order chi connectivity index (χ0) is 22.7. The second kappa shape index (κ2) is 12.2. The zero-order valence-electron chi connectivity index (χ0n) is 18.3. The van der Waals surface area contributed by atoms with Crippen LogP contribution < -0.4 is 10.6 Å². The molecule has 0 saturated carbocycles. The van der Waals surface area contributed by atoms with Gasteiger partial charge in [0.2, 0.25) is 0 Å². The molecule has 6 heteroatoms. The van der Waals surface area contributed by atoms with Crippen molar-refractivity contribution in [1.29, 1.82) is 0 Å². The Labute approximate surface area is 183 Å². The average molecular weight is 431 g/mol. The number of amides is 2. The molecule has 0 radical (unpaired) electrons. The fraction of sp³-hybridized carbons (Fsp3) is 0.440. The lowest BCUT2D eigenvalue weighted by molar-refractivity contribution is 0.0916. The molecule has 2 amide bonds. The maximum Gasteiger partial charge on any atom is 0.251 e. The van der Waals surface area contributed by atoms with E-state index in [9.17, 15) is 18.4 Å². The molecular weight excluding hydrogens is 398 g/mol. The van der Waals surface area contributed by atoms with Gasteiger partial charge >= 0.3 is 0 Å². The number of nitrogens with one attached hydrogen (secondary N) is 2. The lowest BCUT2D eigenvalue weighted by Crippen LogP contribution is -2.38. The zero-order valence-corrected chi connectivity index (χ0v) is 18.3. The van der Waals surface area contributed by atoms with Gasteiger partial charge < -0.3 is 10.6 Å². The molecule has 1 atom stereocenters.